The number of halogens is 4. The molecular formula is C26H30ClF3N4O7S. The summed E-state index contributed by atoms with van der Waals surface area (Å²) in [5, 5.41) is 14.4. The largest absolute Gasteiger partial charge is 0.573 e. The minimum absolute atomic E-state index is 0.00804. The number of rotatable bonds is 10. The first-order valence-electron chi connectivity index (χ1n) is 12.8. The topological polar surface area (TPSA) is 158 Å². The van der Waals surface area contributed by atoms with E-state index in [9.17, 15) is 31.6 Å². The first-order valence-corrected chi connectivity index (χ1v) is 14.8. The van der Waals surface area contributed by atoms with E-state index in [1.165, 1.54) is 36.4 Å². The Balaban J connectivity index is 0.00000155. The van der Waals surface area contributed by atoms with Crippen LogP contribution in [0.1, 0.15) is 32.1 Å². The Kier molecular flexibility index (Phi) is 11.2. The molecule has 0 radical (unpaired) electrons. The third-order valence-corrected chi connectivity index (χ3v) is 8.79. The molecule has 42 heavy (non-hydrogen) atoms. The van der Waals surface area contributed by atoms with Crippen LogP contribution in [0.3, 0.4) is 0 Å². The van der Waals surface area contributed by atoms with Gasteiger partial charge < -0.3 is 24.9 Å². The third-order valence-electron chi connectivity index (χ3n) is 6.26. The molecule has 0 aliphatic carbocycles. The molecule has 1 saturated heterocycles. The number of alkyl halides is 4. The first-order chi connectivity index (χ1) is 19.8. The zero-order chi connectivity index (χ0) is 31.0. The predicted molar refractivity (Wildman–Crippen MR) is 145 cm³/mol. The maximum atomic E-state index is 13.2. The van der Waals surface area contributed by atoms with Gasteiger partial charge in [0, 0.05) is 31.0 Å². The van der Waals surface area contributed by atoms with E-state index >= 15 is 0 Å². The normalized spacial score (nSPS) is 15.4. The Hall–Kier alpha value is -3.40. The summed E-state index contributed by atoms with van der Waals surface area (Å²) in [5.74, 6) is 0.320. The fraction of sp³-hybridized carbons (Fsp3) is 0.423. The Morgan fingerprint density at radius 3 is 2.24 bits per heavy atom. The predicted octanol–water partition coefficient (Wildman–Crippen LogP) is 4.37. The first kappa shape index (κ1) is 33.1. The van der Waals surface area contributed by atoms with E-state index in [1.807, 2.05) is 6.92 Å². The summed E-state index contributed by atoms with van der Waals surface area (Å²) in [6.07, 6.45) is -4.18. The summed E-state index contributed by atoms with van der Waals surface area (Å²) >= 11 is 5.00. The monoisotopic (exact) mass is 634 g/mol. The van der Waals surface area contributed by atoms with Crippen molar-refractivity contribution in [2.45, 2.75) is 48.6 Å². The van der Waals surface area contributed by atoms with Crippen molar-refractivity contribution in [2.24, 2.45) is 5.73 Å². The number of carbonyl (C=O) groups is 1. The van der Waals surface area contributed by atoms with Crippen LogP contribution in [-0.4, -0.2) is 71.4 Å². The van der Waals surface area contributed by atoms with Crippen LogP contribution in [0.25, 0.3) is 11.4 Å². The number of hydrogen-bond acceptors (Lipinski definition) is 10. The molecule has 0 spiro atoms. The van der Waals surface area contributed by atoms with Crippen molar-refractivity contribution in [3.8, 4) is 22.9 Å². The van der Waals surface area contributed by atoms with Crippen LogP contribution < -0.4 is 15.2 Å². The molecule has 2 heterocycles. The van der Waals surface area contributed by atoms with Crippen molar-refractivity contribution in [1.82, 2.24) is 15.2 Å². The number of benzene rings is 2. The van der Waals surface area contributed by atoms with Crippen LogP contribution in [0.5, 0.6) is 11.5 Å². The second kappa shape index (κ2) is 14.2. The lowest BCUT2D eigenvalue weighted by Crippen LogP contribution is -2.56. The molecule has 11 nitrogen and oxygen atoms in total. The summed E-state index contributed by atoms with van der Waals surface area (Å²) in [5.41, 5.74) is 5.94. The van der Waals surface area contributed by atoms with Gasteiger partial charge >= 0.3 is 6.36 Å². The number of hydrogen-bond donors (Lipinski definition) is 2. The van der Waals surface area contributed by atoms with Gasteiger partial charge in [-0.25, -0.2) is 8.42 Å². The summed E-state index contributed by atoms with van der Waals surface area (Å²) in [4.78, 5) is 16.3. The Morgan fingerprint density at radius 1 is 1.12 bits per heavy atom. The number of ether oxygens (including phenoxy) is 2. The SMILES string of the molecule is CCCl.NC(=O)C1(S(=O)(=O)c2ccc(OCCCc3nc(-c4ccc(OC(F)(F)F)cc4)no3)cc2)CCN(O)CC1. The van der Waals surface area contributed by atoms with E-state index in [2.05, 4.69) is 14.9 Å². The lowest BCUT2D eigenvalue weighted by Gasteiger charge is -2.36. The van der Waals surface area contributed by atoms with Crippen molar-refractivity contribution in [1.29, 1.82) is 0 Å². The highest BCUT2D eigenvalue weighted by molar-refractivity contribution is 7.93. The molecule has 0 unspecified atom stereocenters. The molecule has 0 bridgehead atoms. The molecule has 1 aromatic heterocycles. The van der Waals surface area contributed by atoms with E-state index in [0.717, 1.165) is 23.1 Å². The van der Waals surface area contributed by atoms with Crippen LogP contribution in [0.15, 0.2) is 57.9 Å². The summed E-state index contributed by atoms with van der Waals surface area (Å²) in [6.45, 7) is 2.15. The van der Waals surface area contributed by atoms with Crippen molar-refractivity contribution >= 4 is 27.3 Å². The number of amides is 1. The van der Waals surface area contributed by atoms with Gasteiger partial charge in [0.25, 0.3) is 0 Å². The number of hydroxylamine groups is 2. The van der Waals surface area contributed by atoms with E-state index < -0.39 is 26.9 Å². The van der Waals surface area contributed by atoms with Crippen molar-refractivity contribution < 1.29 is 45.6 Å². The van der Waals surface area contributed by atoms with Crippen LogP contribution in [0.2, 0.25) is 0 Å². The maximum Gasteiger partial charge on any atom is 0.573 e. The Labute approximate surface area is 245 Å². The van der Waals surface area contributed by atoms with Gasteiger partial charge in [-0.1, -0.05) is 12.1 Å². The molecule has 1 fully saturated rings. The Morgan fingerprint density at radius 2 is 1.69 bits per heavy atom. The summed E-state index contributed by atoms with van der Waals surface area (Å²) in [7, 11) is -4.11. The fourth-order valence-corrected chi connectivity index (χ4v) is 6.07. The fourth-order valence-electron chi connectivity index (χ4n) is 4.14. The number of carbonyl (C=O) groups excluding carboxylic acids is 1. The van der Waals surface area contributed by atoms with Crippen LogP contribution in [-0.2, 0) is 21.1 Å². The zero-order valence-corrected chi connectivity index (χ0v) is 24.1. The molecule has 1 amide bonds. The molecule has 1 aliphatic rings. The molecule has 16 heteroatoms. The highest BCUT2D eigenvalue weighted by atomic mass is 35.5. The van der Waals surface area contributed by atoms with Gasteiger partial charge in [-0.2, -0.15) is 10.0 Å². The molecular weight excluding hydrogens is 605 g/mol. The third kappa shape index (κ3) is 8.33. The van der Waals surface area contributed by atoms with Gasteiger partial charge in [0.05, 0.1) is 11.5 Å². The maximum absolute atomic E-state index is 13.2. The van der Waals surface area contributed by atoms with Crippen LogP contribution >= 0.6 is 11.6 Å². The lowest BCUT2D eigenvalue weighted by atomic mass is 9.96. The van der Waals surface area contributed by atoms with Gasteiger partial charge in [0.15, 0.2) is 14.6 Å². The minimum atomic E-state index is -4.78. The number of aryl methyl sites for hydroxylation is 1. The number of primary amides is 1. The highest BCUT2D eigenvalue weighted by Crippen LogP contribution is 2.35. The Bertz CT molecular complexity index is 1410. The number of aromatic nitrogens is 2. The van der Waals surface area contributed by atoms with Crippen LogP contribution in [0.4, 0.5) is 13.2 Å². The number of nitrogens with two attached hydrogens (primary N) is 1. The van der Waals surface area contributed by atoms with E-state index in [0.29, 0.717) is 30.0 Å². The second-order valence-corrected chi connectivity index (χ2v) is 11.9. The van der Waals surface area contributed by atoms with E-state index in [1.54, 1.807) is 0 Å². The minimum Gasteiger partial charge on any atom is -0.494 e. The average Bonchev–Trinajstić information content (AvgIpc) is 3.40. The number of sulfone groups is 1. The second-order valence-electron chi connectivity index (χ2n) is 9.09. The van der Waals surface area contributed by atoms with Crippen molar-refractivity contribution in [2.75, 3.05) is 25.6 Å². The van der Waals surface area contributed by atoms with Crippen molar-refractivity contribution in [3.05, 3.63) is 54.4 Å². The smallest absolute Gasteiger partial charge is 0.494 e. The summed E-state index contributed by atoms with van der Waals surface area (Å²) in [6, 6.07) is 10.7. The highest BCUT2D eigenvalue weighted by Gasteiger charge is 2.51. The summed E-state index contributed by atoms with van der Waals surface area (Å²) < 4.78 is 76.2. The number of nitrogens with zero attached hydrogens (tertiary/aromatic N) is 3. The van der Waals surface area contributed by atoms with E-state index in [4.69, 9.17) is 26.6 Å². The molecule has 4 rings (SSSR count). The van der Waals surface area contributed by atoms with Gasteiger partial charge in [-0.15, -0.1) is 24.8 Å². The molecule has 1 aliphatic heterocycles. The van der Waals surface area contributed by atoms with Crippen LogP contribution in [0, 0.1) is 0 Å². The average molecular weight is 635 g/mol. The molecule has 3 aromatic rings. The van der Waals surface area contributed by atoms with Gasteiger partial charge in [0.2, 0.25) is 17.6 Å². The van der Waals surface area contributed by atoms with Gasteiger partial charge in [-0.3, -0.25) is 4.79 Å². The molecule has 2 aromatic carbocycles. The number of piperidine rings is 1. The molecule has 0 atom stereocenters. The standard InChI is InChI=1S/C24H25F3N4O7S.C2H5Cl/c25-24(26,27)37-18-5-3-16(4-6-18)21-29-20(38-30-21)2-1-15-36-17-7-9-19(10-8-17)39(34,35)23(22(28)32)11-13-31(33)14-12-23;1-2-3/h3-10,33H,1-2,11-15H2,(H2,28,32);2H2,1H3. The van der Waals surface area contributed by atoms with Crippen molar-refractivity contribution in [3.63, 3.8) is 0 Å². The quantitative estimate of drug-likeness (QED) is 0.242. The molecule has 3 N–H and O–H groups in total. The lowest BCUT2D eigenvalue weighted by molar-refractivity contribution is -0.274. The van der Waals surface area contributed by atoms with E-state index in [-0.39, 0.29) is 49.0 Å². The molecule has 230 valence electrons. The van der Waals surface area contributed by atoms with Gasteiger partial charge in [-0.05, 0) is 67.8 Å². The van der Waals surface area contributed by atoms with Gasteiger partial charge in [0.1, 0.15) is 11.5 Å². The zero-order valence-electron chi connectivity index (χ0n) is 22.5. The molecule has 0 saturated carbocycles.